The first kappa shape index (κ1) is 33.5. The number of carboxylic acid groups (broad SMARTS) is 2. The van der Waals surface area contributed by atoms with Crippen LogP contribution in [0.25, 0.3) is 10.9 Å². The molecular formula is C27H40N8O7. The molecule has 230 valence electrons. The van der Waals surface area contributed by atoms with Gasteiger partial charge in [-0.25, -0.2) is 4.79 Å². The number of H-pyrrole nitrogens is 1. The third-order valence-electron chi connectivity index (χ3n) is 6.54. The highest BCUT2D eigenvalue weighted by Gasteiger charge is 2.32. The average Bonchev–Trinajstić information content (AvgIpc) is 3.32. The molecule has 0 bridgehead atoms. The number of aliphatic carboxylic acids is 2. The van der Waals surface area contributed by atoms with Gasteiger partial charge in [-0.05, 0) is 43.2 Å². The summed E-state index contributed by atoms with van der Waals surface area (Å²) < 4.78 is 0. The van der Waals surface area contributed by atoms with Gasteiger partial charge in [-0.15, -0.1) is 0 Å². The molecule has 0 aliphatic rings. The number of guanidine groups is 1. The van der Waals surface area contributed by atoms with Gasteiger partial charge in [0.2, 0.25) is 17.7 Å². The molecule has 1 aromatic carbocycles. The van der Waals surface area contributed by atoms with Gasteiger partial charge in [0.1, 0.15) is 18.1 Å². The van der Waals surface area contributed by atoms with Crippen molar-refractivity contribution in [3.05, 3.63) is 36.0 Å². The van der Waals surface area contributed by atoms with E-state index in [1.165, 1.54) is 0 Å². The highest BCUT2D eigenvalue weighted by molar-refractivity contribution is 5.94. The second-order valence-corrected chi connectivity index (χ2v) is 10.2. The van der Waals surface area contributed by atoms with Crippen molar-refractivity contribution in [2.75, 3.05) is 6.54 Å². The lowest BCUT2D eigenvalue weighted by Crippen LogP contribution is -2.58. The molecule has 0 aliphatic heterocycles. The van der Waals surface area contributed by atoms with Gasteiger partial charge in [0.05, 0.1) is 6.04 Å². The number of fused-ring (bicyclic) bond motifs is 1. The van der Waals surface area contributed by atoms with E-state index in [1.807, 2.05) is 24.3 Å². The van der Waals surface area contributed by atoms with Crippen LogP contribution in [0.2, 0.25) is 0 Å². The Bertz CT molecular complexity index is 1290. The summed E-state index contributed by atoms with van der Waals surface area (Å²) >= 11 is 0. The smallest absolute Gasteiger partial charge is 0.326 e. The van der Waals surface area contributed by atoms with Crippen LogP contribution in [0.3, 0.4) is 0 Å². The molecule has 0 aliphatic carbocycles. The van der Waals surface area contributed by atoms with E-state index in [0.717, 1.165) is 16.5 Å². The van der Waals surface area contributed by atoms with Crippen molar-refractivity contribution in [3.63, 3.8) is 0 Å². The van der Waals surface area contributed by atoms with Gasteiger partial charge < -0.3 is 48.3 Å². The van der Waals surface area contributed by atoms with Crippen LogP contribution in [-0.4, -0.2) is 81.5 Å². The Morgan fingerprint density at radius 1 is 0.929 bits per heavy atom. The number of carbonyl (C=O) groups is 5. The molecule has 42 heavy (non-hydrogen) atoms. The molecule has 15 nitrogen and oxygen atoms in total. The molecule has 0 radical (unpaired) electrons. The number of aromatic amines is 1. The zero-order valence-electron chi connectivity index (χ0n) is 23.6. The van der Waals surface area contributed by atoms with Gasteiger partial charge in [0.25, 0.3) is 0 Å². The molecule has 4 atom stereocenters. The van der Waals surface area contributed by atoms with Gasteiger partial charge in [-0.2, -0.15) is 0 Å². The Morgan fingerprint density at radius 3 is 2.21 bits per heavy atom. The highest BCUT2D eigenvalue weighted by Crippen LogP contribution is 2.19. The molecule has 3 amide bonds. The Hall–Kier alpha value is -4.66. The number of hydrogen-bond donors (Lipinski definition) is 9. The monoisotopic (exact) mass is 588 g/mol. The van der Waals surface area contributed by atoms with Gasteiger partial charge in [-0.3, -0.25) is 24.2 Å². The molecule has 2 aromatic rings. The maximum Gasteiger partial charge on any atom is 0.326 e. The second-order valence-electron chi connectivity index (χ2n) is 10.2. The molecular weight excluding hydrogens is 548 g/mol. The maximum absolute atomic E-state index is 13.3. The maximum atomic E-state index is 13.3. The SMILES string of the molecule is CC(C)[C@H](NC(=O)[C@H](CCCN=C(N)N)NC(=O)[C@@H](N)Cc1c[nH]c2ccccc12)C(=O)N[C@@H](CCC(=O)O)C(=O)O. The van der Waals surface area contributed by atoms with Crippen molar-refractivity contribution in [2.45, 2.75) is 70.1 Å². The summed E-state index contributed by atoms with van der Waals surface area (Å²) in [5.41, 5.74) is 18.7. The standard InChI is InChI=1S/C27H40N8O7/c1-14(2)22(25(40)34-20(26(41)42)9-10-21(36)37)35-24(39)19(8-5-11-31-27(29)30)33-23(38)17(28)12-15-13-32-18-7-4-3-6-16(15)18/h3-4,6-7,13-14,17,19-20,22,32H,5,8-12,28H2,1-2H3,(H,33,38)(H,34,40)(H,35,39)(H,36,37)(H,41,42)(H4,29,30,31)/t17-,19-,20-,22-/m0/s1. The number of nitrogens with zero attached hydrogens (tertiary/aromatic N) is 1. The number of nitrogens with two attached hydrogens (primary N) is 3. The lowest BCUT2D eigenvalue weighted by Gasteiger charge is -2.27. The predicted octanol–water partition coefficient (Wildman–Crippen LogP) is -0.849. The normalized spacial score (nSPS) is 13.9. The fourth-order valence-electron chi connectivity index (χ4n) is 4.26. The lowest BCUT2D eigenvalue weighted by atomic mass is 10.0. The van der Waals surface area contributed by atoms with E-state index in [-0.39, 0.29) is 31.8 Å². The first-order valence-corrected chi connectivity index (χ1v) is 13.5. The zero-order valence-corrected chi connectivity index (χ0v) is 23.6. The van der Waals surface area contributed by atoms with Gasteiger partial charge in [0.15, 0.2) is 5.96 Å². The van der Waals surface area contributed by atoms with E-state index in [9.17, 15) is 29.1 Å². The first-order valence-electron chi connectivity index (χ1n) is 13.5. The fraction of sp³-hybridized carbons (Fsp3) is 0.481. The van der Waals surface area contributed by atoms with Crippen LogP contribution in [-0.2, 0) is 30.4 Å². The highest BCUT2D eigenvalue weighted by atomic mass is 16.4. The molecule has 0 fully saturated rings. The minimum atomic E-state index is -1.47. The van der Waals surface area contributed by atoms with Crippen LogP contribution in [0.15, 0.2) is 35.5 Å². The molecule has 12 N–H and O–H groups in total. The van der Waals surface area contributed by atoms with Crippen LogP contribution >= 0.6 is 0 Å². The van der Waals surface area contributed by atoms with Crippen molar-refractivity contribution in [1.29, 1.82) is 0 Å². The van der Waals surface area contributed by atoms with E-state index in [4.69, 9.17) is 22.3 Å². The Labute approximate surface area is 242 Å². The van der Waals surface area contributed by atoms with Gasteiger partial charge in [0, 0.05) is 30.1 Å². The van der Waals surface area contributed by atoms with E-state index >= 15 is 0 Å². The fourth-order valence-corrected chi connectivity index (χ4v) is 4.26. The molecule has 2 rings (SSSR count). The number of hydrogen-bond acceptors (Lipinski definition) is 7. The lowest BCUT2D eigenvalue weighted by molar-refractivity contribution is -0.143. The van der Waals surface area contributed by atoms with E-state index < -0.39 is 66.2 Å². The predicted molar refractivity (Wildman–Crippen MR) is 155 cm³/mol. The van der Waals surface area contributed by atoms with Crippen molar-refractivity contribution in [2.24, 2.45) is 28.1 Å². The van der Waals surface area contributed by atoms with Gasteiger partial charge in [-0.1, -0.05) is 32.0 Å². The van der Waals surface area contributed by atoms with Crippen molar-refractivity contribution >= 4 is 46.5 Å². The summed E-state index contributed by atoms with van der Waals surface area (Å²) in [4.78, 5) is 68.8. The minimum absolute atomic E-state index is 0.108. The molecule has 0 spiro atoms. The summed E-state index contributed by atoms with van der Waals surface area (Å²) in [6.07, 6.45) is 1.57. The molecule has 0 saturated heterocycles. The summed E-state index contributed by atoms with van der Waals surface area (Å²) in [5, 5.41) is 26.7. The number of carbonyl (C=O) groups excluding carboxylic acids is 3. The van der Waals surface area contributed by atoms with Crippen LogP contribution in [0, 0.1) is 5.92 Å². The largest absolute Gasteiger partial charge is 0.481 e. The summed E-state index contributed by atoms with van der Waals surface area (Å²) in [6, 6.07) is 2.79. The van der Waals surface area contributed by atoms with E-state index in [0.29, 0.717) is 6.42 Å². The number of aliphatic imine (C=N–C) groups is 1. The number of para-hydroxylation sites is 1. The third kappa shape index (κ3) is 10.4. The van der Waals surface area contributed by atoms with Crippen LogP contribution in [0.4, 0.5) is 0 Å². The third-order valence-corrected chi connectivity index (χ3v) is 6.54. The molecule has 0 unspecified atom stereocenters. The summed E-state index contributed by atoms with van der Waals surface area (Å²) in [5.74, 6) is -5.33. The van der Waals surface area contributed by atoms with E-state index in [1.54, 1.807) is 20.0 Å². The second kappa shape index (κ2) is 16.0. The first-order chi connectivity index (χ1) is 19.8. The van der Waals surface area contributed by atoms with Crippen molar-refractivity contribution in [1.82, 2.24) is 20.9 Å². The number of aromatic nitrogens is 1. The number of rotatable bonds is 17. The Kier molecular flexibility index (Phi) is 12.7. The average molecular weight is 589 g/mol. The quantitative estimate of drug-likeness (QED) is 0.0627. The summed E-state index contributed by atoms with van der Waals surface area (Å²) in [7, 11) is 0. The zero-order chi connectivity index (χ0) is 31.4. The minimum Gasteiger partial charge on any atom is -0.481 e. The number of amides is 3. The van der Waals surface area contributed by atoms with Crippen molar-refractivity contribution < 1.29 is 34.2 Å². The molecule has 15 heteroatoms. The Morgan fingerprint density at radius 2 is 1.60 bits per heavy atom. The molecule has 0 saturated carbocycles. The Balaban J connectivity index is 2.15. The van der Waals surface area contributed by atoms with Crippen molar-refractivity contribution in [3.8, 4) is 0 Å². The van der Waals surface area contributed by atoms with Gasteiger partial charge >= 0.3 is 11.9 Å². The molecule has 1 heterocycles. The number of carboxylic acids is 2. The number of benzene rings is 1. The van der Waals surface area contributed by atoms with E-state index in [2.05, 4.69) is 25.9 Å². The van der Waals surface area contributed by atoms with Crippen LogP contribution in [0.5, 0.6) is 0 Å². The summed E-state index contributed by atoms with van der Waals surface area (Å²) in [6.45, 7) is 3.46. The topological polar surface area (TPSA) is 268 Å². The van der Waals surface area contributed by atoms with Crippen LogP contribution in [0.1, 0.15) is 45.1 Å². The van der Waals surface area contributed by atoms with Crippen LogP contribution < -0.4 is 33.2 Å². The number of nitrogens with one attached hydrogen (secondary N) is 4. The molecule has 1 aromatic heterocycles.